The number of hydrogen-bond acceptors (Lipinski definition) is 8. The zero-order valence-electron chi connectivity index (χ0n) is 20.6. The Morgan fingerprint density at radius 2 is 2.03 bits per heavy atom. The van der Waals surface area contributed by atoms with Gasteiger partial charge in [0, 0.05) is 37.2 Å². The van der Waals surface area contributed by atoms with Crippen LogP contribution in [0.2, 0.25) is 0 Å². The maximum Gasteiger partial charge on any atom is 0.271 e. The molecule has 2 heterocycles. The van der Waals surface area contributed by atoms with Gasteiger partial charge in [-0.1, -0.05) is 17.8 Å². The molecule has 2 aromatic rings. The van der Waals surface area contributed by atoms with Gasteiger partial charge in [-0.15, -0.1) is 0 Å². The van der Waals surface area contributed by atoms with E-state index < -0.39 is 16.1 Å². The highest BCUT2D eigenvalue weighted by Crippen LogP contribution is 2.32. The molecule has 4 rings (SSSR count). The largest absolute Gasteiger partial charge is 0.497 e. The van der Waals surface area contributed by atoms with Crippen molar-refractivity contribution in [2.75, 3.05) is 51.8 Å². The second-order valence-electron chi connectivity index (χ2n) is 8.71. The SMILES string of the molecule is COc1ccc(N=C2SC(CC(=O)Nc3cccc([N+](=O)[O-])c3)C(=O)N2CCC[NH+]2CCOCC2)cc1. The first kappa shape index (κ1) is 26.6. The van der Waals surface area contributed by atoms with Crippen LogP contribution in [0.15, 0.2) is 53.5 Å². The Labute approximate surface area is 219 Å². The molecular weight excluding hydrogens is 498 g/mol. The molecule has 0 bridgehead atoms. The van der Waals surface area contributed by atoms with Gasteiger partial charge in [0.05, 0.1) is 37.5 Å². The number of carbonyl (C=O) groups excluding carboxylic acids is 2. The number of non-ortho nitro benzene ring substituents is 1. The quantitative estimate of drug-likeness (QED) is 0.356. The van der Waals surface area contributed by atoms with Gasteiger partial charge in [0.1, 0.15) is 24.1 Å². The maximum absolute atomic E-state index is 13.3. The molecule has 196 valence electrons. The fourth-order valence-corrected chi connectivity index (χ4v) is 5.36. The molecule has 0 spiro atoms. The number of amidine groups is 1. The topological polar surface area (TPSA) is 128 Å². The van der Waals surface area contributed by atoms with Gasteiger partial charge in [-0.2, -0.15) is 0 Å². The number of anilines is 1. The van der Waals surface area contributed by atoms with Gasteiger partial charge >= 0.3 is 0 Å². The third kappa shape index (κ3) is 7.28. The highest BCUT2D eigenvalue weighted by Gasteiger charge is 2.39. The van der Waals surface area contributed by atoms with E-state index in [-0.39, 0.29) is 18.0 Å². The number of ether oxygens (including phenoxy) is 2. The van der Waals surface area contributed by atoms with Gasteiger partial charge in [0.2, 0.25) is 11.8 Å². The summed E-state index contributed by atoms with van der Waals surface area (Å²) in [4.78, 5) is 44.4. The van der Waals surface area contributed by atoms with E-state index in [0.717, 1.165) is 39.3 Å². The van der Waals surface area contributed by atoms with Crippen molar-refractivity contribution >= 4 is 45.8 Å². The van der Waals surface area contributed by atoms with Crippen molar-refractivity contribution < 1.29 is 28.9 Å². The van der Waals surface area contributed by atoms with E-state index >= 15 is 0 Å². The predicted octanol–water partition coefficient (Wildman–Crippen LogP) is 1.87. The Hall–Kier alpha value is -3.48. The molecule has 0 saturated carbocycles. The Kier molecular flexibility index (Phi) is 9.09. The smallest absolute Gasteiger partial charge is 0.271 e. The summed E-state index contributed by atoms with van der Waals surface area (Å²) in [7, 11) is 1.59. The molecule has 12 heteroatoms. The number of rotatable bonds is 10. The molecule has 11 nitrogen and oxygen atoms in total. The molecule has 2 aromatic carbocycles. The Morgan fingerprint density at radius 1 is 1.27 bits per heavy atom. The molecule has 2 aliphatic heterocycles. The van der Waals surface area contributed by atoms with Crippen LogP contribution in [0.5, 0.6) is 5.75 Å². The lowest BCUT2D eigenvalue weighted by Crippen LogP contribution is -3.14. The minimum absolute atomic E-state index is 0.0704. The van der Waals surface area contributed by atoms with Gasteiger partial charge in [0.25, 0.3) is 5.69 Å². The van der Waals surface area contributed by atoms with Crippen molar-refractivity contribution in [2.45, 2.75) is 18.1 Å². The minimum atomic E-state index is -0.633. The first-order valence-electron chi connectivity index (χ1n) is 12.1. The summed E-state index contributed by atoms with van der Waals surface area (Å²) in [5.41, 5.74) is 0.875. The molecule has 37 heavy (non-hydrogen) atoms. The van der Waals surface area contributed by atoms with E-state index in [1.54, 1.807) is 30.2 Å². The zero-order chi connectivity index (χ0) is 26.2. The van der Waals surface area contributed by atoms with E-state index in [4.69, 9.17) is 14.5 Å². The lowest BCUT2D eigenvalue weighted by atomic mass is 10.2. The highest BCUT2D eigenvalue weighted by atomic mass is 32.2. The molecule has 2 fully saturated rings. The number of amides is 2. The van der Waals surface area contributed by atoms with Crippen molar-refractivity contribution in [3.8, 4) is 5.75 Å². The third-order valence-electron chi connectivity index (χ3n) is 6.14. The zero-order valence-corrected chi connectivity index (χ0v) is 21.4. The first-order valence-corrected chi connectivity index (χ1v) is 13.0. The summed E-state index contributed by atoms with van der Waals surface area (Å²) in [6, 6.07) is 13.0. The minimum Gasteiger partial charge on any atom is -0.497 e. The third-order valence-corrected chi connectivity index (χ3v) is 7.32. The number of nitro groups is 1. The van der Waals surface area contributed by atoms with Crippen LogP contribution >= 0.6 is 11.8 Å². The Balaban J connectivity index is 1.44. The number of hydrogen-bond donors (Lipinski definition) is 2. The van der Waals surface area contributed by atoms with Crippen LogP contribution in [-0.4, -0.2) is 78.6 Å². The number of morpholine rings is 1. The first-order chi connectivity index (χ1) is 17.9. The number of nitro benzene ring substituents is 1. The van der Waals surface area contributed by atoms with E-state index in [1.165, 1.54) is 34.9 Å². The Bertz CT molecular complexity index is 1150. The standard InChI is InChI=1S/C25H29N5O6S/c1-35-21-8-6-18(7-9-21)27-25-29(11-3-10-28-12-14-36-15-13-28)24(32)22(37-25)17-23(31)26-19-4-2-5-20(16-19)30(33)34/h2,4-9,16,22H,3,10-15,17H2,1H3,(H,26,31)/p+1. The van der Waals surface area contributed by atoms with Crippen LogP contribution in [0.1, 0.15) is 12.8 Å². The van der Waals surface area contributed by atoms with E-state index in [2.05, 4.69) is 5.32 Å². The molecule has 0 aliphatic carbocycles. The molecule has 2 aliphatic rings. The van der Waals surface area contributed by atoms with Crippen molar-refractivity contribution in [1.82, 2.24) is 4.90 Å². The van der Waals surface area contributed by atoms with Gasteiger partial charge in [0.15, 0.2) is 5.17 Å². The van der Waals surface area contributed by atoms with E-state index in [1.807, 2.05) is 12.1 Å². The van der Waals surface area contributed by atoms with Gasteiger partial charge in [-0.3, -0.25) is 24.6 Å². The van der Waals surface area contributed by atoms with Crippen molar-refractivity contribution in [2.24, 2.45) is 4.99 Å². The molecule has 0 aromatic heterocycles. The Morgan fingerprint density at radius 3 is 2.73 bits per heavy atom. The van der Waals surface area contributed by atoms with Crippen molar-refractivity contribution in [3.63, 3.8) is 0 Å². The van der Waals surface area contributed by atoms with Crippen LogP contribution in [0.3, 0.4) is 0 Å². The normalized spacial score (nSPS) is 19.3. The van der Waals surface area contributed by atoms with Crippen LogP contribution < -0.4 is 15.0 Å². The van der Waals surface area contributed by atoms with Gasteiger partial charge in [-0.25, -0.2) is 4.99 Å². The lowest BCUT2D eigenvalue weighted by Gasteiger charge is -2.24. The highest BCUT2D eigenvalue weighted by molar-refractivity contribution is 8.15. The average molecular weight is 529 g/mol. The molecule has 2 saturated heterocycles. The molecule has 2 N–H and O–H groups in total. The van der Waals surface area contributed by atoms with Crippen LogP contribution in [0, 0.1) is 10.1 Å². The summed E-state index contributed by atoms with van der Waals surface area (Å²) in [6.07, 6.45) is 0.731. The average Bonchev–Trinajstić information content (AvgIpc) is 3.18. The van der Waals surface area contributed by atoms with E-state index in [9.17, 15) is 19.7 Å². The fourth-order valence-electron chi connectivity index (χ4n) is 4.17. The number of nitrogens with one attached hydrogen (secondary N) is 2. The molecule has 2 amide bonds. The molecule has 0 radical (unpaired) electrons. The van der Waals surface area contributed by atoms with Crippen LogP contribution in [0.4, 0.5) is 17.1 Å². The molecule has 1 atom stereocenters. The van der Waals surface area contributed by atoms with Gasteiger partial charge in [-0.05, 0) is 30.3 Å². The summed E-state index contributed by atoms with van der Waals surface area (Å²) in [6.45, 7) is 4.84. The van der Waals surface area contributed by atoms with Crippen molar-refractivity contribution in [3.05, 3.63) is 58.6 Å². The second kappa shape index (κ2) is 12.7. The molecular formula is C25H30N5O6S+. The summed E-state index contributed by atoms with van der Waals surface area (Å²) in [5.74, 6) is 0.151. The molecule has 1 unspecified atom stereocenters. The van der Waals surface area contributed by atoms with Crippen molar-refractivity contribution in [1.29, 1.82) is 0 Å². The summed E-state index contributed by atoms with van der Waals surface area (Å²) in [5, 5.41) is 13.6. The number of benzene rings is 2. The number of nitrogens with zero attached hydrogens (tertiary/aromatic N) is 3. The van der Waals surface area contributed by atoms with E-state index in [0.29, 0.717) is 28.8 Å². The lowest BCUT2D eigenvalue weighted by molar-refractivity contribution is -0.908. The maximum atomic E-state index is 13.3. The number of methoxy groups -OCH3 is 1. The number of carbonyl (C=O) groups is 2. The summed E-state index contributed by atoms with van der Waals surface area (Å²) >= 11 is 1.26. The van der Waals surface area contributed by atoms with Crippen LogP contribution in [-0.2, 0) is 14.3 Å². The van der Waals surface area contributed by atoms with Crippen LogP contribution in [0.25, 0.3) is 0 Å². The summed E-state index contributed by atoms with van der Waals surface area (Å²) < 4.78 is 10.6. The number of quaternary nitrogens is 1. The van der Waals surface area contributed by atoms with Gasteiger partial charge < -0.3 is 19.7 Å². The monoisotopic (exact) mass is 528 g/mol. The number of aliphatic imine (C=N–C) groups is 1. The number of thioether (sulfide) groups is 1. The predicted molar refractivity (Wildman–Crippen MR) is 141 cm³/mol. The fraction of sp³-hybridized carbons (Fsp3) is 0.400. The second-order valence-corrected chi connectivity index (χ2v) is 9.88.